The molecule has 5 rings (SSSR count). The Morgan fingerprint density at radius 3 is 2.41 bits per heavy atom. The number of benzene rings is 1. The van der Waals surface area contributed by atoms with Crippen molar-refractivity contribution in [2.75, 3.05) is 0 Å². The molecule has 34 heavy (non-hydrogen) atoms. The summed E-state index contributed by atoms with van der Waals surface area (Å²) >= 11 is 3.23. The van der Waals surface area contributed by atoms with E-state index < -0.39 is 23.3 Å². The van der Waals surface area contributed by atoms with Gasteiger partial charge in [0.2, 0.25) is 11.8 Å². The number of imide groups is 1. The van der Waals surface area contributed by atoms with Crippen molar-refractivity contribution in [1.82, 2.24) is 4.90 Å². The fourth-order valence-corrected chi connectivity index (χ4v) is 6.55. The van der Waals surface area contributed by atoms with E-state index in [2.05, 4.69) is 15.9 Å². The summed E-state index contributed by atoms with van der Waals surface area (Å²) in [5.41, 5.74) is 2.56. The number of phenols is 1. The molecule has 4 aliphatic rings. The standard InChI is InChI=1S/C27H26BrNO5/c1-12-9-13(5-8-19(12)30)21-14-6-7-15-22(26(34)29(25(15)33)27(2,3)4)16(14)10-17-23(21)20(31)11-18(28)24(17)32/h5-6,8-9,11,15-16,21-22,30H,7,10H2,1-4H3. The average molecular weight is 524 g/mol. The lowest BCUT2D eigenvalue weighted by Crippen LogP contribution is -2.46. The number of amides is 2. The predicted molar refractivity (Wildman–Crippen MR) is 129 cm³/mol. The third kappa shape index (κ3) is 3.20. The highest BCUT2D eigenvalue weighted by Gasteiger charge is 2.58. The van der Waals surface area contributed by atoms with Crippen LogP contribution in [0.5, 0.6) is 5.75 Å². The number of hydrogen-bond acceptors (Lipinski definition) is 5. The lowest BCUT2D eigenvalue weighted by Gasteiger charge is -2.42. The Labute approximate surface area is 206 Å². The molecule has 2 amide bonds. The number of nitrogens with zero attached hydrogens (tertiary/aromatic N) is 1. The number of allylic oxidation sites excluding steroid dienone is 6. The molecule has 0 radical (unpaired) electrons. The lowest BCUT2D eigenvalue weighted by molar-refractivity contribution is -0.145. The number of fused-ring (bicyclic) bond motifs is 3. The summed E-state index contributed by atoms with van der Waals surface area (Å²) in [7, 11) is 0. The lowest BCUT2D eigenvalue weighted by atomic mass is 9.59. The molecule has 1 heterocycles. The van der Waals surface area contributed by atoms with Gasteiger partial charge in [0, 0.05) is 28.7 Å². The van der Waals surface area contributed by atoms with Gasteiger partial charge in [0.1, 0.15) is 5.75 Å². The maximum absolute atomic E-state index is 13.6. The van der Waals surface area contributed by atoms with E-state index >= 15 is 0 Å². The number of ketones is 2. The van der Waals surface area contributed by atoms with Crippen LogP contribution in [-0.2, 0) is 19.2 Å². The highest BCUT2D eigenvalue weighted by Crippen LogP contribution is 2.56. The Bertz CT molecular complexity index is 1280. The van der Waals surface area contributed by atoms with Gasteiger partial charge >= 0.3 is 0 Å². The summed E-state index contributed by atoms with van der Waals surface area (Å²) in [4.78, 5) is 54.6. The van der Waals surface area contributed by atoms with E-state index in [0.29, 0.717) is 23.1 Å². The van der Waals surface area contributed by atoms with E-state index in [-0.39, 0.29) is 46.0 Å². The number of phenolic OH excluding ortho intramolecular Hbond substituents is 1. The SMILES string of the molecule is Cc1cc(C2C3=CCC4C(=O)N(C(C)(C)C)C(=O)C4C3CC3=C2C(=O)C=C(Br)C3=O)ccc1O. The van der Waals surface area contributed by atoms with Gasteiger partial charge in [-0.2, -0.15) is 0 Å². The van der Waals surface area contributed by atoms with E-state index in [1.54, 1.807) is 19.1 Å². The minimum atomic E-state index is -0.638. The van der Waals surface area contributed by atoms with Crippen LogP contribution >= 0.6 is 15.9 Å². The number of carbonyl (C=O) groups excluding carboxylic acids is 4. The van der Waals surface area contributed by atoms with Crippen LogP contribution < -0.4 is 0 Å². The average Bonchev–Trinajstić information content (AvgIpc) is 3.03. The number of hydrogen-bond donors (Lipinski definition) is 1. The molecule has 1 fully saturated rings. The van der Waals surface area contributed by atoms with Gasteiger partial charge in [0.25, 0.3) is 0 Å². The van der Waals surface area contributed by atoms with Crippen molar-refractivity contribution in [1.29, 1.82) is 0 Å². The van der Waals surface area contributed by atoms with Crippen LogP contribution in [0.1, 0.15) is 50.7 Å². The van der Waals surface area contributed by atoms with Gasteiger partial charge in [-0.25, -0.2) is 0 Å². The predicted octanol–water partition coefficient (Wildman–Crippen LogP) is 4.26. The molecule has 176 valence electrons. The van der Waals surface area contributed by atoms with E-state index in [4.69, 9.17) is 0 Å². The Kier molecular flexibility index (Phi) is 5.13. The van der Waals surface area contributed by atoms with Gasteiger partial charge in [0.15, 0.2) is 11.6 Å². The first-order valence-corrected chi connectivity index (χ1v) is 12.3. The topological polar surface area (TPSA) is 91.8 Å². The monoisotopic (exact) mass is 523 g/mol. The second-order valence-corrected chi connectivity index (χ2v) is 11.5. The summed E-state index contributed by atoms with van der Waals surface area (Å²) in [6.45, 7) is 7.33. The first-order valence-electron chi connectivity index (χ1n) is 11.5. The number of aromatic hydroxyl groups is 1. The van der Waals surface area contributed by atoms with Crippen LogP contribution in [0.25, 0.3) is 0 Å². The minimum absolute atomic E-state index is 0.147. The van der Waals surface area contributed by atoms with E-state index in [1.807, 2.05) is 32.9 Å². The Morgan fingerprint density at radius 1 is 1.06 bits per heavy atom. The van der Waals surface area contributed by atoms with Crippen LogP contribution in [0, 0.1) is 24.7 Å². The maximum Gasteiger partial charge on any atom is 0.234 e. The molecular formula is C27H26BrNO5. The summed E-state index contributed by atoms with van der Waals surface area (Å²) in [6, 6.07) is 5.18. The van der Waals surface area contributed by atoms with Gasteiger partial charge in [-0.15, -0.1) is 0 Å². The molecule has 1 saturated heterocycles. The van der Waals surface area contributed by atoms with Crippen molar-refractivity contribution >= 4 is 39.3 Å². The molecule has 1 N–H and O–H groups in total. The molecule has 4 atom stereocenters. The number of Topliss-reactive ketones (excluding diaryl/α,β-unsaturated/α-hetero) is 1. The van der Waals surface area contributed by atoms with E-state index in [9.17, 15) is 24.3 Å². The van der Waals surface area contributed by atoms with Gasteiger partial charge in [-0.05, 0) is 79.6 Å². The number of rotatable bonds is 1. The summed E-state index contributed by atoms with van der Waals surface area (Å²) in [6.07, 6.45) is 4.00. The Balaban J connectivity index is 1.69. The third-order valence-corrected chi connectivity index (χ3v) is 8.15. The quantitative estimate of drug-likeness (QED) is 0.337. The van der Waals surface area contributed by atoms with Crippen molar-refractivity contribution in [3.63, 3.8) is 0 Å². The van der Waals surface area contributed by atoms with E-state index in [0.717, 1.165) is 11.1 Å². The Morgan fingerprint density at radius 2 is 1.76 bits per heavy atom. The van der Waals surface area contributed by atoms with Crippen molar-refractivity contribution < 1.29 is 24.3 Å². The first-order chi connectivity index (χ1) is 15.9. The molecule has 7 heteroatoms. The second kappa shape index (κ2) is 7.60. The largest absolute Gasteiger partial charge is 0.508 e. The smallest absolute Gasteiger partial charge is 0.234 e. The fraction of sp³-hybridized carbons (Fsp3) is 0.407. The molecule has 0 saturated carbocycles. The zero-order valence-electron chi connectivity index (χ0n) is 19.5. The van der Waals surface area contributed by atoms with Crippen LogP contribution in [-0.4, -0.2) is 38.9 Å². The zero-order chi connectivity index (χ0) is 24.7. The molecule has 0 aromatic heterocycles. The van der Waals surface area contributed by atoms with Crippen molar-refractivity contribution in [2.24, 2.45) is 17.8 Å². The summed E-state index contributed by atoms with van der Waals surface area (Å²) < 4.78 is 0.210. The number of carbonyl (C=O) groups is 4. The van der Waals surface area contributed by atoms with Crippen molar-refractivity contribution in [3.05, 3.63) is 62.7 Å². The van der Waals surface area contributed by atoms with Crippen LogP contribution in [0.3, 0.4) is 0 Å². The minimum Gasteiger partial charge on any atom is -0.508 e. The van der Waals surface area contributed by atoms with Crippen molar-refractivity contribution in [2.45, 2.75) is 52.0 Å². The molecule has 3 aliphatic carbocycles. The highest BCUT2D eigenvalue weighted by molar-refractivity contribution is 9.12. The molecule has 0 spiro atoms. The van der Waals surface area contributed by atoms with E-state index in [1.165, 1.54) is 11.0 Å². The first kappa shape index (κ1) is 23.0. The van der Waals surface area contributed by atoms with Crippen molar-refractivity contribution in [3.8, 4) is 5.75 Å². The third-order valence-electron chi connectivity index (χ3n) is 7.56. The molecule has 1 aromatic rings. The Hall–Kier alpha value is -2.80. The zero-order valence-corrected chi connectivity index (χ0v) is 21.1. The van der Waals surface area contributed by atoms with Crippen LogP contribution in [0.2, 0.25) is 0 Å². The van der Waals surface area contributed by atoms with Gasteiger partial charge < -0.3 is 5.11 Å². The van der Waals surface area contributed by atoms with Gasteiger partial charge in [-0.1, -0.05) is 23.8 Å². The molecule has 0 bridgehead atoms. The second-order valence-electron chi connectivity index (χ2n) is 10.6. The fourth-order valence-electron chi connectivity index (χ4n) is 6.11. The summed E-state index contributed by atoms with van der Waals surface area (Å²) in [5.74, 6) is -2.58. The van der Waals surface area contributed by atoms with Crippen LogP contribution in [0.4, 0.5) is 0 Å². The molecule has 1 aliphatic heterocycles. The molecule has 4 unspecified atom stereocenters. The van der Waals surface area contributed by atoms with Gasteiger partial charge in [-0.3, -0.25) is 24.1 Å². The number of aryl methyl sites for hydroxylation is 1. The molecule has 1 aromatic carbocycles. The number of halogens is 1. The van der Waals surface area contributed by atoms with Crippen LogP contribution in [0.15, 0.2) is 51.6 Å². The maximum atomic E-state index is 13.6. The normalized spacial score (nSPS) is 29.0. The molecule has 6 nitrogen and oxygen atoms in total. The summed E-state index contributed by atoms with van der Waals surface area (Å²) in [5, 5.41) is 10.1. The molecular weight excluding hydrogens is 498 g/mol. The highest BCUT2D eigenvalue weighted by atomic mass is 79.9. The number of likely N-dealkylation sites (tertiary alicyclic amines) is 1. The van der Waals surface area contributed by atoms with Gasteiger partial charge in [0.05, 0.1) is 16.3 Å².